The Balaban J connectivity index is 2.66. The molecule has 1 aliphatic rings. The first kappa shape index (κ1) is 11.5. The summed E-state index contributed by atoms with van der Waals surface area (Å²) in [5, 5.41) is 7.43. The summed E-state index contributed by atoms with van der Waals surface area (Å²) in [5.74, 6) is 0.231. The lowest BCUT2D eigenvalue weighted by Crippen LogP contribution is -2.57. The van der Waals surface area contributed by atoms with Crippen molar-refractivity contribution < 1.29 is 4.74 Å². The van der Waals surface area contributed by atoms with Crippen LogP contribution in [0.2, 0.25) is 0 Å². The van der Waals surface area contributed by atoms with Gasteiger partial charge in [-0.15, -0.1) is 0 Å². The number of amidine groups is 1. The van der Waals surface area contributed by atoms with Crippen molar-refractivity contribution in [1.82, 2.24) is 4.90 Å². The Morgan fingerprint density at radius 1 is 1.64 bits per heavy atom. The summed E-state index contributed by atoms with van der Waals surface area (Å²) in [6.45, 7) is 9.85. The summed E-state index contributed by atoms with van der Waals surface area (Å²) in [6, 6.07) is 0.0145. The third-order valence-electron chi connectivity index (χ3n) is 2.59. The fourth-order valence-electron chi connectivity index (χ4n) is 1.99. The van der Waals surface area contributed by atoms with Crippen LogP contribution < -0.4 is 5.73 Å². The summed E-state index contributed by atoms with van der Waals surface area (Å²) >= 11 is 0. The van der Waals surface area contributed by atoms with Crippen molar-refractivity contribution >= 4 is 5.84 Å². The number of ether oxygens (including phenoxy) is 1. The van der Waals surface area contributed by atoms with Crippen molar-refractivity contribution in [3.8, 4) is 0 Å². The molecule has 1 aliphatic heterocycles. The second kappa shape index (κ2) is 3.87. The van der Waals surface area contributed by atoms with Gasteiger partial charge in [-0.25, -0.2) is 0 Å². The number of rotatable bonds is 2. The largest absolute Gasteiger partial charge is 0.386 e. The van der Waals surface area contributed by atoms with Gasteiger partial charge >= 0.3 is 0 Å². The van der Waals surface area contributed by atoms with Crippen LogP contribution in [0, 0.1) is 5.41 Å². The van der Waals surface area contributed by atoms with Gasteiger partial charge in [-0.1, -0.05) is 0 Å². The van der Waals surface area contributed by atoms with Crippen LogP contribution in [0.15, 0.2) is 0 Å². The van der Waals surface area contributed by atoms with E-state index in [1.165, 1.54) is 0 Å². The van der Waals surface area contributed by atoms with Crippen LogP contribution in [0.4, 0.5) is 0 Å². The number of hydrogen-bond acceptors (Lipinski definition) is 3. The minimum Gasteiger partial charge on any atom is -0.386 e. The second-order valence-corrected chi connectivity index (χ2v) is 4.75. The average molecular weight is 199 g/mol. The van der Waals surface area contributed by atoms with Crippen LogP contribution in [0.1, 0.15) is 27.7 Å². The maximum atomic E-state index is 7.43. The summed E-state index contributed by atoms with van der Waals surface area (Å²) in [6.07, 6.45) is 0.209. The highest BCUT2D eigenvalue weighted by Gasteiger charge is 2.33. The van der Waals surface area contributed by atoms with E-state index in [0.717, 1.165) is 13.1 Å². The van der Waals surface area contributed by atoms with Crippen LogP contribution >= 0.6 is 0 Å². The molecule has 0 spiro atoms. The maximum Gasteiger partial charge on any atom is 0.108 e. The number of morpholine rings is 1. The molecule has 0 aromatic carbocycles. The predicted octanol–water partition coefficient (Wildman–Crippen LogP) is 0.810. The van der Waals surface area contributed by atoms with Gasteiger partial charge in [0.15, 0.2) is 0 Å². The fraction of sp³-hybridized carbons (Fsp3) is 0.900. The predicted molar refractivity (Wildman–Crippen MR) is 57.6 cm³/mol. The van der Waals surface area contributed by atoms with Gasteiger partial charge in [0, 0.05) is 13.1 Å². The van der Waals surface area contributed by atoms with E-state index in [9.17, 15) is 0 Å². The van der Waals surface area contributed by atoms with Crippen molar-refractivity contribution in [2.24, 2.45) is 5.73 Å². The number of hydrogen-bond donors (Lipinski definition) is 2. The van der Waals surface area contributed by atoms with Crippen LogP contribution in [-0.2, 0) is 4.74 Å². The highest BCUT2D eigenvalue weighted by molar-refractivity contribution is 5.82. The van der Waals surface area contributed by atoms with Gasteiger partial charge in [0.1, 0.15) is 5.84 Å². The maximum absolute atomic E-state index is 7.43. The van der Waals surface area contributed by atoms with Crippen LogP contribution in [-0.4, -0.2) is 41.6 Å². The smallest absolute Gasteiger partial charge is 0.108 e. The van der Waals surface area contributed by atoms with Crippen LogP contribution in [0.3, 0.4) is 0 Å². The van der Waals surface area contributed by atoms with E-state index >= 15 is 0 Å². The van der Waals surface area contributed by atoms with Crippen molar-refractivity contribution in [3.05, 3.63) is 0 Å². The zero-order valence-electron chi connectivity index (χ0n) is 9.50. The zero-order chi connectivity index (χ0) is 10.9. The SMILES string of the molecule is CC1CN(C(C)C(=N)N)CC(C)(C)O1. The van der Waals surface area contributed by atoms with E-state index in [1.54, 1.807) is 0 Å². The lowest BCUT2D eigenvalue weighted by atomic mass is 10.0. The molecule has 0 radical (unpaired) electrons. The first-order valence-electron chi connectivity index (χ1n) is 5.07. The molecule has 0 aromatic rings. The monoisotopic (exact) mass is 199 g/mol. The van der Waals surface area contributed by atoms with Gasteiger partial charge in [0.05, 0.1) is 17.7 Å². The summed E-state index contributed by atoms with van der Waals surface area (Å²) < 4.78 is 5.78. The Kier molecular flexibility index (Phi) is 3.17. The molecule has 4 nitrogen and oxygen atoms in total. The molecular formula is C10H21N3O. The molecule has 1 fully saturated rings. The van der Waals surface area contributed by atoms with Crippen molar-refractivity contribution in [2.75, 3.05) is 13.1 Å². The third-order valence-corrected chi connectivity index (χ3v) is 2.59. The van der Waals surface area contributed by atoms with Crippen molar-refractivity contribution in [1.29, 1.82) is 5.41 Å². The summed E-state index contributed by atoms with van der Waals surface area (Å²) in [4.78, 5) is 2.20. The minimum absolute atomic E-state index is 0.0145. The van der Waals surface area contributed by atoms with E-state index in [1.807, 2.05) is 6.92 Å². The van der Waals surface area contributed by atoms with E-state index in [-0.39, 0.29) is 23.6 Å². The molecule has 0 saturated carbocycles. The lowest BCUT2D eigenvalue weighted by molar-refractivity contribution is -0.131. The molecule has 1 rings (SSSR count). The van der Waals surface area contributed by atoms with Gasteiger partial charge in [0.2, 0.25) is 0 Å². The van der Waals surface area contributed by atoms with Crippen LogP contribution in [0.25, 0.3) is 0 Å². The van der Waals surface area contributed by atoms with Crippen LogP contribution in [0.5, 0.6) is 0 Å². The molecule has 14 heavy (non-hydrogen) atoms. The van der Waals surface area contributed by atoms with E-state index in [2.05, 4.69) is 25.7 Å². The molecule has 2 unspecified atom stereocenters. The molecule has 4 heteroatoms. The Morgan fingerprint density at radius 3 is 2.64 bits per heavy atom. The molecule has 82 valence electrons. The number of nitrogens with one attached hydrogen (secondary N) is 1. The molecule has 0 amide bonds. The van der Waals surface area contributed by atoms with Crippen molar-refractivity contribution in [2.45, 2.75) is 45.4 Å². The lowest BCUT2D eigenvalue weighted by Gasteiger charge is -2.43. The Hall–Kier alpha value is -0.610. The zero-order valence-corrected chi connectivity index (χ0v) is 9.50. The highest BCUT2D eigenvalue weighted by Crippen LogP contribution is 2.22. The van der Waals surface area contributed by atoms with Gasteiger partial charge in [-0.2, -0.15) is 0 Å². The van der Waals surface area contributed by atoms with E-state index in [4.69, 9.17) is 15.9 Å². The summed E-state index contributed by atoms with van der Waals surface area (Å²) in [7, 11) is 0. The molecular weight excluding hydrogens is 178 g/mol. The van der Waals surface area contributed by atoms with Crippen molar-refractivity contribution in [3.63, 3.8) is 0 Å². The van der Waals surface area contributed by atoms with Gasteiger partial charge in [-0.3, -0.25) is 10.3 Å². The second-order valence-electron chi connectivity index (χ2n) is 4.75. The van der Waals surface area contributed by atoms with E-state index < -0.39 is 0 Å². The van der Waals surface area contributed by atoms with Gasteiger partial charge < -0.3 is 10.5 Å². The fourth-order valence-corrected chi connectivity index (χ4v) is 1.99. The third kappa shape index (κ3) is 2.69. The molecule has 3 N–H and O–H groups in total. The molecule has 0 aromatic heterocycles. The standard InChI is InChI=1S/C10H21N3O/c1-7-5-13(8(2)9(11)12)6-10(3,4)14-7/h7-8H,5-6H2,1-4H3,(H3,11,12). The average Bonchev–Trinajstić information content (AvgIpc) is 1.98. The Morgan fingerprint density at radius 2 is 2.21 bits per heavy atom. The molecule has 0 bridgehead atoms. The van der Waals surface area contributed by atoms with Gasteiger partial charge in [-0.05, 0) is 27.7 Å². The number of nitrogens with zero attached hydrogens (tertiary/aromatic N) is 1. The molecule has 2 atom stereocenters. The van der Waals surface area contributed by atoms with Gasteiger partial charge in [0.25, 0.3) is 0 Å². The quantitative estimate of drug-likeness (QED) is 0.511. The molecule has 0 aliphatic carbocycles. The van der Waals surface area contributed by atoms with E-state index in [0.29, 0.717) is 0 Å². The topological polar surface area (TPSA) is 62.3 Å². The molecule has 1 heterocycles. The first-order valence-corrected chi connectivity index (χ1v) is 5.07. The first-order chi connectivity index (χ1) is 6.32. The Labute approximate surface area is 85.9 Å². The number of nitrogens with two attached hydrogens (primary N) is 1. The Bertz CT molecular complexity index is 227. The molecule has 1 saturated heterocycles. The normalized spacial score (nSPS) is 29.9. The highest BCUT2D eigenvalue weighted by atomic mass is 16.5. The minimum atomic E-state index is -0.138. The summed E-state index contributed by atoms with van der Waals surface area (Å²) in [5.41, 5.74) is 5.36.